The molecule has 1 amide bonds. The summed E-state index contributed by atoms with van der Waals surface area (Å²) in [7, 11) is 0. The molecule has 2 aromatic carbocycles. The van der Waals surface area contributed by atoms with Crippen LogP contribution in [-0.2, 0) is 4.79 Å². The van der Waals surface area contributed by atoms with Gasteiger partial charge in [0.2, 0.25) is 5.91 Å². The van der Waals surface area contributed by atoms with Crippen LogP contribution in [0.25, 0.3) is 0 Å². The van der Waals surface area contributed by atoms with Crippen LogP contribution < -0.4 is 10.1 Å². The number of amides is 1. The molecule has 0 fully saturated rings. The van der Waals surface area contributed by atoms with Crippen LogP contribution in [0.3, 0.4) is 0 Å². The fraction of sp³-hybridized carbons (Fsp3) is 0.235. The first-order valence-corrected chi connectivity index (χ1v) is 9.06. The van der Waals surface area contributed by atoms with Gasteiger partial charge in [-0.15, -0.1) is 0 Å². The molecular weight excluding hydrogens is 353 g/mol. The molecule has 0 saturated carbocycles. The molecule has 2 rings (SSSR count). The quantitative estimate of drug-likeness (QED) is 0.655. The molecule has 23 heavy (non-hydrogen) atoms. The second kappa shape index (κ2) is 9.71. The smallest absolute Gasteiger partial charge is 0.234 e. The number of hydrogen-bond acceptors (Lipinski definition) is 3. The minimum Gasteiger partial charge on any atom is -0.494 e. The monoisotopic (exact) mass is 369 g/mol. The predicted molar refractivity (Wildman–Crippen MR) is 99.0 cm³/mol. The van der Waals surface area contributed by atoms with Crippen molar-refractivity contribution in [3.63, 3.8) is 0 Å². The molecule has 0 aromatic heterocycles. The molecule has 0 atom stereocenters. The Morgan fingerprint density at radius 3 is 2.26 bits per heavy atom. The Balaban J connectivity index is 1.55. The summed E-state index contributed by atoms with van der Waals surface area (Å²) in [5.41, 5.74) is 0.756. The molecule has 0 spiro atoms. The first-order valence-electron chi connectivity index (χ1n) is 7.15. The molecule has 2 aromatic rings. The fourth-order valence-electron chi connectivity index (χ4n) is 1.78. The number of carbonyl (C=O) groups is 1. The number of hydrogen-bond donors (Lipinski definition) is 1. The van der Waals surface area contributed by atoms with Gasteiger partial charge in [0.05, 0.1) is 12.4 Å². The maximum atomic E-state index is 11.8. The van der Waals surface area contributed by atoms with Crippen LogP contribution in [0.4, 0.5) is 5.69 Å². The third-order valence-electron chi connectivity index (χ3n) is 2.88. The highest BCUT2D eigenvalue weighted by atomic mass is 35.5. The summed E-state index contributed by atoms with van der Waals surface area (Å²) in [6.45, 7) is 0.618. The van der Waals surface area contributed by atoms with Gasteiger partial charge in [-0.25, -0.2) is 0 Å². The molecule has 0 bridgehead atoms. The van der Waals surface area contributed by atoms with E-state index in [0.717, 1.165) is 23.6 Å². The van der Waals surface area contributed by atoms with E-state index < -0.39 is 0 Å². The van der Waals surface area contributed by atoms with E-state index >= 15 is 0 Å². The van der Waals surface area contributed by atoms with Crippen molar-refractivity contribution < 1.29 is 9.53 Å². The van der Waals surface area contributed by atoms with Crippen molar-refractivity contribution in [2.75, 3.05) is 23.4 Å². The van der Waals surface area contributed by atoms with Crippen LogP contribution >= 0.6 is 35.0 Å². The van der Waals surface area contributed by atoms with E-state index in [0.29, 0.717) is 22.4 Å². The van der Waals surface area contributed by atoms with Gasteiger partial charge >= 0.3 is 0 Å². The summed E-state index contributed by atoms with van der Waals surface area (Å²) in [6.07, 6.45) is 0.877. The molecule has 6 heteroatoms. The highest BCUT2D eigenvalue weighted by Gasteiger charge is 2.02. The molecule has 0 aliphatic rings. The van der Waals surface area contributed by atoms with Crippen molar-refractivity contribution in [1.82, 2.24) is 0 Å². The summed E-state index contributed by atoms with van der Waals surface area (Å²) >= 11 is 13.2. The highest BCUT2D eigenvalue weighted by Crippen LogP contribution is 2.16. The van der Waals surface area contributed by atoms with E-state index in [2.05, 4.69) is 5.32 Å². The van der Waals surface area contributed by atoms with Crippen molar-refractivity contribution in [1.29, 1.82) is 0 Å². The minimum atomic E-state index is -0.0176. The van der Waals surface area contributed by atoms with E-state index in [4.69, 9.17) is 27.9 Å². The number of halogens is 2. The number of nitrogens with one attached hydrogen (secondary N) is 1. The second-order valence-electron chi connectivity index (χ2n) is 4.76. The molecule has 0 aliphatic heterocycles. The fourth-order valence-corrected chi connectivity index (χ4v) is 2.75. The Labute approximate surface area is 150 Å². The van der Waals surface area contributed by atoms with Crippen molar-refractivity contribution in [3.05, 3.63) is 58.6 Å². The third kappa shape index (κ3) is 7.16. The van der Waals surface area contributed by atoms with Crippen LogP contribution in [0, 0.1) is 0 Å². The minimum absolute atomic E-state index is 0.0176. The lowest BCUT2D eigenvalue weighted by atomic mass is 10.3. The zero-order valence-electron chi connectivity index (χ0n) is 12.4. The average Bonchev–Trinajstić information content (AvgIpc) is 2.54. The molecule has 0 aliphatic carbocycles. The van der Waals surface area contributed by atoms with Crippen LogP contribution in [0.2, 0.25) is 10.0 Å². The first-order chi connectivity index (χ1) is 11.1. The van der Waals surface area contributed by atoms with Gasteiger partial charge in [-0.2, -0.15) is 11.8 Å². The van der Waals surface area contributed by atoms with Crippen molar-refractivity contribution in [2.24, 2.45) is 0 Å². The number of thioether (sulfide) groups is 1. The molecule has 3 nitrogen and oxygen atoms in total. The zero-order valence-corrected chi connectivity index (χ0v) is 14.8. The highest BCUT2D eigenvalue weighted by molar-refractivity contribution is 7.99. The predicted octanol–water partition coefficient (Wildman–Crippen LogP) is 5.13. The van der Waals surface area contributed by atoms with Crippen molar-refractivity contribution in [2.45, 2.75) is 6.42 Å². The average molecular weight is 370 g/mol. The SMILES string of the molecule is O=C(CSCCCOc1ccc(Cl)cc1)Nc1ccc(Cl)cc1. The number of ether oxygens (including phenoxy) is 1. The Hall–Kier alpha value is -1.36. The van der Waals surface area contributed by atoms with Gasteiger partial charge in [0.25, 0.3) is 0 Å². The van der Waals surface area contributed by atoms with Gasteiger partial charge in [-0.3, -0.25) is 4.79 Å². The van der Waals surface area contributed by atoms with Gasteiger partial charge < -0.3 is 10.1 Å². The zero-order chi connectivity index (χ0) is 16.5. The second-order valence-corrected chi connectivity index (χ2v) is 6.74. The maximum absolute atomic E-state index is 11.8. The van der Waals surface area contributed by atoms with Crippen molar-refractivity contribution >= 4 is 46.6 Å². The lowest BCUT2D eigenvalue weighted by Gasteiger charge is -2.07. The standard InChI is InChI=1S/C17H17Cl2NO2S/c18-13-2-6-15(7-3-13)20-17(21)12-23-11-1-10-22-16-8-4-14(19)5-9-16/h2-9H,1,10-12H2,(H,20,21). The number of benzene rings is 2. The summed E-state index contributed by atoms with van der Waals surface area (Å²) in [4.78, 5) is 11.8. The van der Waals surface area contributed by atoms with E-state index in [9.17, 15) is 4.79 Å². The molecule has 0 saturated heterocycles. The number of rotatable bonds is 8. The van der Waals surface area contributed by atoms with Crippen LogP contribution in [0.15, 0.2) is 48.5 Å². The summed E-state index contributed by atoms with van der Waals surface area (Å²) < 4.78 is 5.59. The van der Waals surface area contributed by atoms with E-state index in [1.165, 1.54) is 0 Å². The molecule has 0 heterocycles. The van der Waals surface area contributed by atoms with Gasteiger partial charge in [-0.05, 0) is 60.7 Å². The van der Waals surface area contributed by atoms with Crippen LogP contribution in [0.5, 0.6) is 5.75 Å². The molecular formula is C17H17Cl2NO2S. The summed E-state index contributed by atoms with van der Waals surface area (Å²) in [5, 5.41) is 4.17. The molecule has 0 unspecified atom stereocenters. The summed E-state index contributed by atoms with van der Waals surface area (Å²) in [5.74, 6) is 2.07. The third-order valence-corrected chi connectivity index (χ3v) is 4.42. The lowest BCUT2D eigenvalue weighted by Crippen LogP contribution is -2.14. The first kappa shape index (κ1) is 18.0. The Kier molecular flexibility index (Phi) is 7.59. The number of anilines is 1. The largest absolute Gasteiger partial charge is 0.494 e. The van der Waals surface area contributed by atoms with Crippen molar-refractivity contribution in [3.8, 4) is 5.75 Å². The van der Waals surface area contributed by atoms with Gasteiger partial charge in [0, 0.05) is 15.7 Å². The summed E-state index contributed by atoms with van der Waals surface area (Å²) in [6, 6.07) is 14.3. The van der Waals surface area contributed by atoms with E-state index in [-0.39, 0.29) is 5.91 Å². The molecule has 0 radical (unpaired) electrons. The Morgan fingerprint density at radius 1 is 1.00 bits per heavy atom. The van der Waals surface area contributed by atoms with Gasteiger partial charge in [0.15, 0.2) is 0 Å². The van der Waals surface area contributed by atoms with Crippen LogP contribution in [-0.4, -0.2) is 24.0 Å². The Bertz CT molecular complexity index is 617. The lowest BCUT2D eigenvalue weighted by molar-refractivity contribution is -0.113. The van der Waals surface area contributed by atoms with Gasteiger partial charge in [-0.1, -0.05) is 23.2 Å². The normalized spacial score (nSPS) is 10.3. The molecule has 122 valence electrons. The molecule has 1 N–H and O–H groups in total. The topological polar surface area (TPSA) is 38.3 Å². The van der Waals surface area contributed by atoms with E-state index in [1.54, 1.807) is 48.2 Å². The number of carbonyl (C=O) groups excluding carboxylic acids is 1. The Morgan fingerprint density at radius 2 is 1.61 bits per heavy atom. The van der Waals surface area contributed by atoms with Crippen LogP contribution in [0.1, 0.15) is 6.42 Å². The van der Waals surface area contributed by atoms with Gasteiger partial charge in [0.1, 0.15) is 5.75 Å². The maximum Gasteiger partial charge on any atom is 0.234 e. The van der Waals surface area contributed by atoms with E-state index in [1.807, 2.05) is 12.1 Å².